The Balaban J connectivity index is 3.53. The van der Waals surface area contributed by atoms with Gasteiger partial charge in [-0.1, -0.05) is 47.6 Å². The van der Waals surface area contributed by atoms with Crippen LogP contribution in [-0.4, -0.2) is 17.5 Å². The number of hydrogen-bond acceptors (Lipinski definition) is 2. The second-order valence-corrected chi connectivity index (χ2v) is 7.19. The number of halogens is 3. The van der Waals surface area contributed by atoms with Crippen LogP contribution in [0.15, 0.2) is 17.1 Å². The maximum absolute atomic E-state index is 12.3. The summed E-state index contributed by atoms with van der Waals surface area (Å²) in [6, 6.07) is 3.34. The van der Waals surface area contributed by atoms with Crippen molar-refractivity contribution in [1.29, 1.82) is 0 Å². The van der Waals surface area contributed by atoms with Crippen molar-refractivity contribution in [3.05, 3.63) is 23.3 Å². The minimum atomic E-state index is -4.51. The van der Waals surface area contributed by atoms with E-state index < -0.39 is 11.6 Å². The Morgan fingerprint density at radius 3 is 1.86 bits per heavy atom. The maximum atomic E-state index is 12.3. The number of rotatable bonds is 1. The predicted molar refractivity (Wildman–Crippen MR) is 79.7 cm³/mol. The third-order valence-corrected chi connectivity index (χ3v) is 3.11. The number of aliphatic imine (C=N–C) groups is 1. The van der Waals surface area contributed by atoms with Crippen molar-refractivity contribution < 1.29 is 18.3 Å². The van der Waals surface area contributed by atoms with E-state index in [2.05, 4.69) is 4.99 Å². The Morgan fingerprint density at radius 1 is 0.952 bits per heavy atom. The lowest BCUT2D eigenvalue weighted by molar-refractivity contribution is -0.0535. The van der Waals surface area contributed by atoms with Gasteiger partial charge in [-0.25, -0.2) is 4.99 Å². The first kappa shape index (κ1) is 17.5. The molecular weight excluding hydrogens is 279 g/mol. The van der Waals surface area contributed by atoms with Crippen molar-refractivity contribution in [3.8, 4) is 5.75 Å². The Bertz CT molecular complexity index is 546. The summed E-state index contributed by atoms with van der Waals surface area (Å²) in [6.07, 6.45) is -4.60. The first-order valence-corrected chi connectivity index (χ1v) is 6.72. The minimum absolute atomic E-state index is 0.0512. The smallest absolute Gasteiger partial charge is 0.426 e. The number of hydrogen-bond donors (Lipinski definition) is 1. The summed E-state index contributed by atoms with van der Waals surface area (Å²) in [7, 11) is 0. The summed E-state index contributed by atoms with van der Waals surface area (Å²) in [5.41, 5.74) is 0.720. The van der Waals surface area contributed by atoms with Crippen molar-refractivity contribution in [2.24, 2.45) is 4.99 Å². The fourth-order valence-corrected chi connectivity index (χ4v) is 1.87. The van der Waals surface area contributed by atoms with E-state index in [0.29, 0.717) is 5.56 Å². The van der Waals surface area contributed by atoms with Crippen molar-refractivity contribution in [2.75, 3.05) is 0 Å². The molecule has 0 bridgehead atoms. The molecule has 1 aromatic rings. The van der Waals surface area contributed by atoms with Gasteiger partial charge in [0.05, 0.1) is 0 Å². The van der Waals surface area contributed by atoms with Crippen LogP contribution >= 0.6 is 0 Å². The van der Waals surface area contributed by atoms with Crippen LogP contribution in [0.5, 0.6) is 5.75 Å². The Hall–Kier alpha value is -1.52. The highest BCUT2D eigenvalue weighted by Gasteiger charge is 2.27. The molecule has 0 atom stereocenters. The Morgan fingerprint density at radius 2 is 1.48 bits per heavy atom. The summed E-state index contributed by atoms with van der Waals surface area (Å²) in [6.45, 7) is 11.6. The molecule has 0 radical (unpaired) electrons. The summed E-state index contributed by atoms with van der Waals surface area (Å²) in [4.78, 5) is 3.43. The number of phenolic OH excluding ortho intramolecular Hbond substituents is 1. The predicted octanol–water partition coefficient (Wildman–Crippen LogP) is 5.25. The quantitative estimate of drug-likeness (QED) is 0.706. The number of phenols is 1. The van der Waals surface area contributed by atoms with Crippen LogP contribution in [0.2, 0.25) is 0 Å². The van der Waals surface area contributed by atoms with E-state index in [1.165, 1.54) is 6.07 Å². The van der Waals surface area contributed by atoms with E-state index in [4.69, 9.17) is 0 Å². The van der Waals surface area contributed by atoms with E-state index in [-0.39, 0.29) is 23.1 Å². The highest BCUT2D eigenvalue weighted by Crippen LogP contribution is 2.41. The standard InChI is InChI=1S/C16H22F3NO/c1-14(2,3)10-7-11(15(4,5)6)13(21)12(8-10)20-9-16(17,18)19/h7-9,21H,1-6H3. The molecule has 1 N–H and O–H groups in total. The molecule has 21 heavy (non-hydrogen) atoms. The number of nitrogens with zero attached hydrogens (tertiary/aromatic N) is 1. The number of alkyl halides is 3. The second kappa shape index (κ2) is 5.35. The van der Waals surface area contributed by atoms with Crippen molar-refractivity contribution >= 4 is 11.9 Å². The summed E-state index contributed by atoms with van der Waals surface area (Å²) < 4.78 is 36.9. The van der Waals surface area contributed by atoms with E-state index in [0.717, 1.165) is 5.56 Å². The van der Waals surface area contributed by atoms with Gasteiger partial charge in [-0.15, -0.1) is 0 Å². The third-order valence-electron chi connectivity index (χ3n) is 3.11. The Labute approximate surface area is 123 Å². The number of benzene rings is 1. The van der Waals surface area contributed by atoms with Crippen LogP contribution in [-0.2, 0) is 10.8 Å². The van der Waals surface area contributed by atoms with Gasteiger partial charge in [-0.2, -0.15) is 13.2 Å². The molecule has 0 saturated heterocycles. The first-order chi connectivity index (χ1) is 9.22. The van der Waals surface area contributed by atoms with E-state index >= 15 is 0 Å². The van der Waals surface area contributed by atoms with E-state index in [1.54, 1.807) is 0 Å². The van der Waals surface area contributed by atoms with Gasteiger partial charge in [0.15, 0.2) is 0 Å². The van der Waals surface area contributed by atoms with Gasteiger partial charge in [0.25, 0.3) is 0 Å². The van der Waals surface area contributed by atoms with Gasteiger partial charge in [0.2, 0.25) is 0 Å². The molecule has 0 spiro atoms. The molecule has 1 rings (SSSR count). The lowest BCUT2D eigenvalue weighted by atomic mass is 9.80. The molecule has 2 nitrogen and oxygen atoms in total. The van der Waals surface area contributed by atoms with Gasteiger partial charge < -0.3 is 5.11 Å². The van der Waals surface area contributed by atoms with Gasteiger partial charge in [-0.3, -0.25) is 0 Å². The fraction of sp³-hybridized carbons (Fsp3) is 0.562. The summed E-state index contributed by atoms with van der Waals surface area (Å²) in [5, 5.41) is 10.2. The first-order valence-electron chi connectivity index (χ1n) is 6.72. The highest BCUT2D eigenvalue weighted by molar-refractivity contribution is 5.72. The lowest BCUT2D eigenvalue weighted by Crippen LogP contribution is -2.16. The van der Waals surface area contributed by atoms with Crippen LogP contribution < -0.4 is 0 Å². The average molecular weight is 301 g/mol. The molecule has 0 saturated carbocycles. The van der Waals surface area contributed by atoms with Crippen LogP contribution in [0.4, 0.5) is 18.9 Å². The zero-order chi connectivity index (χ0) is 16.6. The van der Waals surface area contributed by atoms with Gasteiger partial charge >= 0.3 is 6.18 Å². The highest BCUT2D eigenvalue weighted by atomic mass is 19.4. The van der Waals surface area contributed by atoms with Crippen LogP contribution in [0, 0.1) is 0 Å². The Kier molecular flexibility index (Phi) is 4.47. The minimum Gasteiger partial charge on any atom is -0.505 e. The van der Waals surface area contributed by atoms with Crippen molar-refractivity contribution in [3.63, 3.8) is 0 Å². The topological polar surface area (TPSA) is 32.6 Å². The maximum Gasteiger partial charge on any atom is 0.426 e. The molecule has 1 aromatic carbocycles. The van der Waals surface area contributed by atoms with Crippen LogP contribution in [0.25, 0.3) is 0 Å². The van der Waals surface area contributed by atoms with Crippen molar-refractivity contribution in [2.45, 2.75) is 58.5 Å². The summed E-state index contributed by atoms with van der Waals surface area (Å²) >= 11 is 0. The molecule has 0 fully saturated rings. The van der Waals surface area contributed by atoms with E-state index in [9.17, 15) is 18.3 Å². The lowest BCUT2D eigenvalue weighted by Gasteiger charge is -2.26. The largest absolute Gasteiger partial charge is 0.505 e. The third kappa shape index (κ3) is 4.76. The SMILES string of the molecule is CC(C)(C)c1cc(N=CC(F)(F)F)c(O)c(C(C)(C)C)c1. The molecule has 0 aliphatic carbocycles. The molecule has 0 aromatic heterocycles. The monoisotopic (exact) mass is 301 g/mol. The van der Waals surface area contributed by atoms with Crippen LogP contribution in [0.3, 0.4) is 0 Å². The average Bonchev–Trinajstić information content (AvgIpc) is 2.23. The molecule has 0 heterocycles. The molecule has 5 heteroatoms. The van der Waals surface area contributed by atoms with Crippen LogP contribution in [0.1, 0.15) is 52.7 Å². The number of aromatic hydroxyl groups is 1. The van der Waals surface area contributed by atoms with E-state index in [1.807, 2.05) is 47.6 Å². The van der Waals surface area contributed by atoms with Crippen molar-refractivity contribution in [1.82, 2.24) is 0 Å². The molecule has 0 unspecified atom stereocenters. The normalized spacial score (nSPS) is 14.0. The fourth-order valence-electron chi connectivity index (χ4n) is 1.87. The zero-order valence-electron chi connectivity index (χ0n) is 13.3. The molecule has 0 aliphatic rings. The molecule has 0 amide bonds. The summed E-state index contributed by atoms with van der Waals surface area (Å²) in [5.74, 6) is -0.198. The molecule has 118 valence electrons. The van der Waals surface area contributed by atoms with Gasteiger partial charge in [0, 0.05) is 5.56 Å². The van der Waals surface area contributed by atoms with Gasteiger partial charge in [0.1, 0.15) is 17.7 Å². The molecular formula is C16H22F3NO. The van der Waals surface area contributed by atoms with Gasteiger partial charge in [-0.05, 0) is 22.5 Å². The molecule has 0 aliphatic heterocycles. The second-order valence-electron chi connectivity index (χ2n) is 7.19. The zero-order valence-corrected chi connectivity index (χ0v) is 13.3.